The molecule has 3 heterocycles. The molecule has 8 heteroatoms. The van der Waals surface area contributed by atoms with E-state index in [1.54, 1.807) is 22.7 Å². The van der Waals surface area contributed by atoms with E-state index in [2.05, 4.69) is 10.00 Å². The lowest BCUT2D eigenvalue weighted by Gasteiger charge is -2.36. The van der Waals surface area contributed by atoms with Gasteiger partial charge in [-0.2, -0.15) is 5.10 Å². The zero-order valence-electron chi connectivity index (χ0n) is 17.4. The molecule has 0 saturated carbocycles. The Kier molecular flexibility index (Phi) is 6.51. The van der Waals surface area contributed by atoms with Crippen LogP contribution in [0, 0.1) is 6.92 Å². The van der Waals surface area contributed by atoms with Crippen molar-refractivity contribution in [3.8, 4) is 5.75 Å². The van der Waals surface area contributed by atoms with E-state index in [4.69, 9.17) is 14.5 Å². The fourth-order valence-corrected chi connectivity index (χ4v) is 2.80. The van der Waals surface area contributed by atoms with Crippen molar-refractivity contribution in [2.75, 3.05) is 38.2 Å². The lowest BCUT2D eigenvalue weighted by atomic mass is 10.2. The number of aromatic nitrogens is 3. The first kappa shape index (κ1) is 20.8. The molecule has 3 rings (SSSR count). The Labute approximate surface area is 161 Å². The quantitative estimate of drug-likeness (QED) is 0.801. The summed E-state index contributed by atoms with van der Waals surface area (Å²) < 4.78 is 12.6. The van der Waals surface area contributed by atoms with Gasteiger partial charge in [0, 0.05) is 31.7 Å². The summed E-state index contributed by atoms with van der Waals surface area (Å²) in [6.45, 7) is 14.1. The highest BCUT2D eigenvalue weighted by Crippen LogP contribution is 2.28. The number of methoxy groups -OCH3 is 1. The molecular formula is C19H31N5O3. The molecule has 2 aromatic heterocycles. The average Bonchev–Trinajstić information content (AvgIpc) is 3.01. The largest absolute Gasteiger partial charge is 0.491 e. The Hall–Kier alpha value is -2.51. The van der Waals surface area contributed by atoms with Crippen LogP contribution in [0.2, 0.25) is 0 Å². The van der Waals surface area contributed by atoms with Crippen LogP contribution in [-0.4, -0.2) is 64.5 Å². The predicted octanol–water partition coefficient (Wildman–Crippen LogP) is 3.13. The van der Waals surface area contributed by atoms with E-state index in [1.807, 2.05) is 47.7 Å². The normalized spacial score (nSPS) is 14.6. The molecule has 0 aliphatic carbocycles. The molecular weight excluding hydrogens is 346 g/mol. The summed E-state index contributed by atoms with van der Waals surface area (Å²) in [5.74, 6) is 1.45. The Bertz CT molecular complexity index is 773. The summed E-state index contributed by atoms with van der Waals surface area (Å²) in [6.07, 6.45) is 3.35. The number of piperazine rings is 1. The molecule has 0 bridgehead atoms. The number of rotatable bonds is 2. The summed E-state index contributed by atoms with van der Waals surface area (Å²) in [7, 11) is 1.62. The third kappa shape index (κ3) is 4.81. The van der Waals surface area contributed by atoms with Crippen LogP contribution in [-0.2, 0) is 4.74 Å². The van der Waals surface area contributed by atoms with Crippen molar-refractivity contribution in [1.29, 1.82) is 0 Å². The summed E-state index contributed by atoms with van der Waals surface area (Å²) in [6, 6.07) is 0. The molecule has 27 heavy (non-hydrogen) atoms. The van der Waals surface area contributed by atoms with E-state index in [0.717, 1.165) is 17.0 Å². The molecule has 1 aliphatic rings. The van der Waals surface area contributed by atoms with E-state index in [9.17, 15) is 4.79 Å². The van der Waals surface area contributed by atoms with Gasteiger partial charge >= 0.3 is 6.09 Å². The highest BCUT2D eigenvalue weighted by molar-refractivity contribution is 5.69. The Balaban J connectivity index is 0.00000126. The fourth-order valence-electron chi connectivity index (χ4n) is 2.80. The summed E-state index contributed by atoms with van der Waals surface area (Å²) in [5, 5.41) is 4.27. The number of hydrogen-bond acceptors (Lipinski definition) is 6. The van der Waals surface area contributed by atoms with Crippen LogP contribution in [0.25, 0.3) is 5.65 Å². The maximum atomic E-state index is 12.2. The maximum absolute atomic E-state index is 12.2. The fraction of sp³-hybridized carbons (Fsp3) is 0.632. The van der Waals surface area contributed by atoms with E-state index in [-0.39, 0.29) is 6.09 Å². The summed E-state index contributed by atoms with van der Waals surface area (Å²) in [5.41, 5.74) is 1.34. The zero-order chi connectivity index (χ0) is 20.2. The average molecular weight is 377 g/mol. The number of nitrogens with zero attached hydrogens (tertiary/aromatic N) is 5. The van der Waals surface area contributed by atoms with E-state index < -0.39 is 5.60 Å². The number of aryl methyl sites for hydroxylation is 1. The molecule has 0 aromatic carbocycles. The van der Waals surface area contributed by atoms with Gasteiger partial charge in [-0.3, -0.25) is 0 Å². The number of anilines is 1. The van der Waals surface area contributed by atoms with Crippen LogP contribution in [0.4, 0.5) is 10.6 Å². The van der Waals surface area contributed by atoms with Gasteiger partial charge in [0.25, 0.3) is 0 Å². The van der Waals surface area contributed by atoms with Crippen LogP contribution in [0.1, 0.15) is 40.2 Å². The highest BCUT2D eigenvalue weighted by Gasteiger charge is 2.27. The molecule has 8 nitrogen and oxygen atoms in total. The lowest BCUT2D eigenvalue weighted by Crippen LogP contribution is -2.50. The molecule has 0 radical (unpaired) electrons. The standard InChI is InChI=1S/C17H25N5O3.C2H6/c1-12-10-18-22-11-13(24-5)15(19-14(12)22)20-6-8-21(9-7-20)16(23)25-17(2,3)4;1-2/h10-11H,6-9H2,1-5H3;1-2H3. The molecule has 1 aliphatic heterocycles. The van der Waals surface area contributed by atoms with Gasteiger partial charge in [0.05, 0.1) is 19.5 Å². The molecule has 1 saturated heterocycles. The van der Waals surface area contributed by atoms with E-state index in [0.29, 0.717) is 31.9 Å². The second kappa shape index (κ2) is 8.45. The Morgan fingerprint density at radius 3 is 2.33 bits per heavy atom. The van der Waals surface area contributed by atoms with Gasteiger partial charge in [-0.05, 0) is 27.7 Å². The van der Waals surface area contributed by atoms with Gasteiger partial charge in [-0.25, -0.2) is 14.3 Å². The van der Waals surface area contributed by atoms with Crippen molar-refractivity contribution in [3.63, 3.8) is 0 Å². The van der Waals surface area contributed by atoms with Crippen molar-refractivity contribution < 1.29 is 14.3 Å². The van der Waals surface area contributed by atoms with Gasteiger partial charge in [-0.1, -0.05) is 13.8 Å². The molecule has 150 valence electrons. The van der Waals surface area contributed by atoms with Crippen molar-refractivity contribution in [1.82, 2.24) is 19.5 Å². The maximum Gasteiger partial charge on any atom is 0.410 e. The number of hydrogen-bond donors (Lipinski definition) is 0. The smallest absolute Gasteiger partial charge is 0.410 e. The van der Waals surface area contributed by atoms with Crippen molar-refractivity contribution in [2.45, 2.75) is 47.1 Å². The minimum atomic E-state index is -0.483. The Morgan fingerprint density at radius 1 is 1.15 bits per heavy atom. The second-order valence-electron chi connectivity index (χ2n) is 7.18. The predicted molar refractivity (Wildman–Crippen MR) is 106 cm³/mol. The van der Waals surface area contributed by atoms with Crippen molar-refractivity contribution in [3.05, 3.63) is 18.0 Å². The topological polar surface area (TPSA) is 72.2 Å². The van der Waals surface area contributed by atoms with Gasteiger partial charge in [0.1, 0.15) is 5.60 Å². The SMILES string of the molecule is CC.COc1cn2ncc(C)c2nc1N1CCN(C(=O)OC(C)(C)C)CC1. The molecule has 1 fully saturated rings. The number of ether oxygens (including phenoxy) is 2. The molecule has 0 spiro atoms. The highest BCUT2D eigenvalue weighted by atomic mass is 16.6. The third-order valence-electron chi connectivity index (χ3n) is 4.07. The zero-order valence-corrected chi connectivity index (χ0v) is 17.4. The first-order chi connectivity index (χ1) is 12.8. The first-order valence-electron chi connectivity index (χ1n) is 9.40. The summed E-state index contributed by atoms with van der Waals surface area (Å²) >= 11 is 0. The first-order valence-corrected chi connectivity index (χ1v) is 9.40. The van der Waals surface area contributed by atoms with Crippen LogP contribution in [0.15, 0.2) is 12.4 Å². The van der Waals surface area contributed by atoms with Crippen LogP contribution in [0.5, 0.6) is 5.75 Å². The number of carbonyl (C=O) groups excluding carboxylic acids is 1. The molecule has 0 unspecified atom stereocenters. The van der Waals surface area contributed by atoms with Crippen molar-refractivity contribution in [2.24, 2.45) is 0 Å². The van der Waals surface area contributed by atoms with E-state index in [1.165, 1.54) is 0 Å². The molecule has 1 amide bonds. The van der Waals surface area contributed by atoms with Crippen LogP contribution >= 0.6 is 0 Å². The van der Waals surface area contributed by atoms with Crippen LogP contribution in [0.3, 0.4) is 0 Å². The number of carbonyl (C=O) groups is 1. The molecule has 0 N–H and O–H groups in total. The molecule has 0 atom stereocenters. The van der Waals surface area contributed by atoms with Gasteiger partial charge in [0.2, 0.25) is 0 Å². The van der Waals surface area contributed by atoms with Gasteiger partial charge in [0.15, 0.2) is 17.2 Å². The summed E-state index contributed by atoms with van der Waals surface area (Å²) in [4.78, 5) is 20.8. The molecule has 2 aromatic rings. The van der Waals surface area contributed by atoms with Crippen molar-refractivity contribution >= 4 is 17.6 Å². The second-order valence-corrected chi connectivity index (χ2v) is 7.18. The van der Waals surface area contributed by atoms with Gasteiger partial charge in [-0.15, -0.1) is 0 Å². The number of fused-ring (bicyclic) bond motifs is 1. The monoisotopic (exact) mass is 377 g/mol. The third-order valence-corrected chi connectivity index (χ3v) is 4.07. The van der Waals surface area contributed by atoms with E-state index >= 15 is 0 Å². The number of amides is 1. The Morgan fingerprint density at radius 2 is 1.78 bits per heavy atom. The lowest BCUT2D eigenvalue weighted by molar-refractivity contribution is 0.0240. The minimum absolute atomic E-state index is 0.269. The van der Waals surface area contributed by atoms with Crippen LogP contribution < -0.4 is 9.64 Å². The minimum Gasteiger partial charge on any atom is -0.491 e. The van der Waals surface area contributed by atoms with Gasteiger partial charge < -0.3 is 19.3 Å².